The normalized spacial score (nSPS) is 12.1. The molecule has 0 aliphatic carbocycles. The van der Waals surface area contributed by atoms with E-state index in [1.807, 2.05) is 0 Å². The lowest BCUT2D eigenvalue weighted by atomic mass is 9.96. The van der Waals surface area contributed by atoms with E-state index in [0.29, 0.717) is 12.3 Å². The van der Waals surface area contributed by atoms with Crippen LogP contribution in [0.1, 0.15) is 78.7 Å². The van der Waals surface area contributed by atoms with Crippen LogP contribution in [0.2, 0.25) is 0 Å². The largest absolute Gasteiger partial charge is 0.444 e. The molecule has 0 saturated heterocycles. The summed E-state index contributed by atoms with van der Waals surface area (Å²) in [5.74, 6) is -1.65. The van der Waals surface area contributed by atoms with E-state index >= 15 is 0 Å². The van der Waals surface area contributed by atoms with E-state index in [4.69, 9.17) is 4.74 Å². The van der Waals surface area contributed by atoms with Gasteiger partial charge in [0.15, 0.2) is 11.6 Å². The molecule has 0 spiro atoms. The summed E-state index contributed by atoms with van der Waals surface area (Å²) < 4.78 is 6.50. The van der Waals surface area contributed by atoms with Crippen molar-refractivity contribution in [2.45, 2.75) is 97.8 Å². The SMILES string of the molecule is CCC(CC)CCC(=O)Cn1cccc(CC(=O)[C@H](CCC(=O)C(=O)NC)NC(=O)OC(C)(C)C)c1=O. The molecule has 0 fully saturated rings. The number of rotatable bonds is 15. The lowest BCUT2D eigenvalue weighted by molar-refractivity contribution is -0.137. The minimum absolute atomic E-state index is 0.0605. The van der Waals surface area contributed by atoms with Crippen LogP contribution in [0.3, 0.4) is 0 Å². The fourth-order valence-corrected chi connectivity index (χ4v) is 3.78. The standard InChI is InChI=1S/C27H41N3O7/c1-7-18(8-2)11-12-20(31)17-30-15-9-10-19(25(30)35)16-23(33)21(13-14-22(32)24(34)28-6)29-26(36)37-27(3,4)5/h9-10,15,18,21H,7-8,11-14,16-17H2,1-6H3,(H,28,34)(H,29,36)/t21-/m0/s1. The highest BCUT2D eigenvalue weighted by molar-refractivity contribution is 6.36. The van der Waals surface area contributed by atoms with Crippen molar-refractivity contribution in [2.24, 2.45) is 5.92 Å². The average Bonchev–Trinajstić information content (AvgIpc) is 2.82. The van der Waals surface area contributed by atoms with Crippen molar-refractivity contribution in [1.82, 2.24) is 15.2 Å². The summed E-state index contributed by atoms with van der Waals surface area (Å²) in [6.45, 7) is 9.08. The van der Waals surface area contributed by atoms with E-state index in [1.165, 1.54) is 23.9 Å². The first-order valence-electron chi connectivity index (χ1n) is 12.8. The van der Waals surface area contributed by atoms with Gasteiger partial charge in [-0.05, 0) is 45.6 Å². The quantitative estimate of drug-likeness (QED) is 0.340. The number of pyridine rings is 1. The molecule has 2 amide bonds. The van der Waals surface area contributed by atoms with Gasteiger partial charge in [-0.15, -0.1) is 0 Å². The second-order valence-corrected chi connectivity index (χ2v) is 10.1. The van der Waals surface area contributed by atoms with Gasteiger partial charge in [-0.25, -0.2) is 4.79 Å². The summed E-state index contributed by atoms with van der Waals surface area (Å²) in [5.41, 5.74) is -1.12. The molecule has 10 heteroatoms. The van der Waals surface area contributed by atoms with Crippen LogP contribution in [0.5, 0.6) is 0 Å². The number of hydrogen-bond donors (Lipinski definition) is 2. The van der Waals surface area contributed by atoms with Gasteiger partial charge in [0.2, 0.25) is 5.78 Å². The molecule has 10 nitrogen and oxygen atoms in total. The van der Waals surface area contributed by atoms with Gasteiger partial charge in [0, 0.05) is 38.1 Å². The van der Waals surface area contributed by atoms with Crippen LogP contribution in [0.15, 0.2) is 23.1 Å². The molecule has 0 saturated carbocycles. The van der Waals surface area contributed by atoms with E-state index < -0.39 is 40.8 Å². The zero-order valence-corrected chi connectivity index (χ0v) is 22.8. The molecule has 0 radical (unpaired) electrons. The number of aromatic nitrogens is 1. The molecule has 1 atom stereocenters. The number of nitrogens with one attached hydrogen (secondary N) is 2. The molecule has 1 heterocycles. The molecule has 0 bridgehead atoms. The van der Waals surface area contributed by atoms with E-state index in [9.17, 15) is 28.8 Å². The number of likely N-dealkylation sites (N-methyl/N-ethyl adjacent to an activating group) is 1. The van der Waals surface area contributed by atoms with E-state index in [2.05, 4.69) is 24.5 Å². The molecule has 0 aromatic carbocycles. The predicted octanol–water partition coefficient (Wildman–Crippen LogP) is 2.73. The van der Waals surface area contributed by atoms with Crippen LogP contribution < -0.4 is 16.2 Å². The Hall–Kier alpha value is -3.30. The van der Waals surface area contributed by atoms with Gasteiger partial charge in [0.1, 0.15) is 5.60 Å². The third kappa shape index (κ3) is 11.5. The van der Waals surface area contributed by atoms with Crippen LogP contribution in [0, 0.1) is 5.92 Å². The monoisotopic (exact) mass is 519 g/mol. The molecule has 0 unspecified atom stereocenters. The second kappa shape index (κ2) is 15.1. The summed E-state index contributed by atoms with van der Waals surface area (Å²) >= 11 is 0. The topological polar surface area (TPSA) is 141 Å². The Bertz CT molecular complexity index is 1020. The number of carbonyl (C=O) groups is 5. The van der Waals surface area contributed by atoms with Crippen LogP contribution >= 0.6 is 0 Å². The zero-order chi connectivity index (χ0) is 28.2. The lowest BCUT2D eigenvalue weighted by Crippen LogP contribution is -2.45. The molecule has 206 valence electrons. The molecule has 1 aromatic rings. The van der Waals surface area contributed by atoms with Crippen molar-refractivity contribution in [3.05, 3.63) is 34.2 Å². The van der Waals surface area contributed by atoms with Crippen molar-refractivity contribution >= 4 is 29.4 Å². The fourth-order valence-electron chi connectivity index (χ4n) is 3.78. The first-order valence-corrected chi connectivity index (χ1v) is 12.8. The zero-order valence-electron chi connectivity index (χ0n) is 22.8. The minimum Gasteiger partial charge on any atom is -0.444 e. The van der Waals surface area contributed by atoms with Gasteiger partial charge in [-0.2, -0.15) is 0 Å². The van der Waals surface area contributed by atoms with Crippen LogP contribution in [-0.2, 0) is 36.9 Å². The molecule has 1 rings (SSSR count). The summed E-state index contributed by atoms with van der Waals surface area (Å²) in [7, 11) is 1.32. The number of ether oxygens (including phenoxy) is 1. The number of carbonyl (C=O) groups excluding carboxylic acids is 5. The number of nitrogens with zero attached hydrogens (tertiary/aromatic N) is 1. The van der Waals surface area contributed by atoms with Crippen molar-refractivity contribution in [2.75, 3.05) is 7.05 Å². The van der Waals surface area contributed by atoms with Crippen LogP contribution in [0.25, 0.3) is 0 Å². The van der Waals surface area contributed by atoms with Gasteiger partial charge in [-0.3, -0.25) is 24.0 Å². The Kier molecular flexibility index (Phi) is 12.9. The maximum atomic E-state index is 13.1. The fraction of sp³-hybridized carbons (Fsp3) is 0.630. The summed E-state index contributed by atoms with van der Waals surface area (Å²) in [5, 5.41) is 4.68. The highest BCUT2D eigenvalue weighted by Crippen LogP contribution is 2.15. The van der Waals surface area contributed by atoms with Gasteiger partial charge in [-0.1, -0.05) is 32.8 Å². The third-order valence-corrected chi connectivity index (χ3v) is 6.02. The second-order valence-electron chi connectivity index (χ2n) is 10.1. The number of ketones is 3. The minimum atomic E-state index is -1.15. The molecule has 37 heavy (non-hydrogen) atoms. The lowest BCUT2D eigenvalue weighted by Gasteiger charge is -2.23. The van der Waals surface area contributed by atoms with Gasteiger partial charge < -0.3 is 19.9 Å². The van der Waals surface area contributed by atoms with E-state index in [-0.39, 0.29) is 37.2 Å². The van der Waals surface area contributed by atoms with E-state index in [1.54, 1.807) is 26.8 Å². The Morgan fingerprint density at radius 1 is 1.03 bits per heavy atom. The van der Waals surface area contributed by atoms with E-state index in [0.717, 1.165) is 19.3 Å². The molecule has 0 aliphatic heterocycles. The highest BCUT2D eigenvalue weighted by atomic mass is 16.6. The van der Waals surface area contributed by atoms with Crippen molar-refractivity contribution in [1.29, 1.82) is 0 Å². The Morgan fingerprint density at radius 3 is 2.24 bits per heavy atom. The van der Waals surface area contributed by atoms with Crippen molar-refractivity contribution in [3.8, 4) is 0 Å². The van der Waals surface area contributed by atoms with Gasteiger partial charge in [0.25, 0.3) is 11.5 Å². The maximum absolute atomic E-state index is 13.1. The number of amides is 2. The number of Topliss-reactive ketones (excluding diaryl/α,β-unsaturated/α-hetero) is 3. The van der Waals surface area contributed by atoms with Gasteiger partial charge in [0.05, 0.1) is 12.6 Å². The number of alkyl carbamates (subject to hydrolysis) is 1. The maximum Gasteiger partial charge on any atom is 0.408 e. The first kappa shape index (κ1) is 31.7. The molecule has 2 N–H and O–H groups in total. The van der Waals surface area contributed by atoms with Crippen LogP contribution in [-0.4, -0.2) is 52.6 Å². The van der Waals surface area contributed by atoms with Crippen LogP contribution in [0.4, 0.5) is 4.79 Å². The number of hydrogen-bond acceptors (Lipinski definition) is 7. The molecular formula is C27H41N3O7. The van der Waals surface area contributed by atoms with Crippen molar-refractivity contribution in [3.63, 3.8) is 0 Å². The Labute approximate surface area is 218 Å². The molecular weight excluding hydrogens is 478 g/mol. The highest BCUT2D eigenvalue weighted by Gasteiger charge is 2.27. The molecule has 1 aromatic heterocycles. The summed E-state index contributed by atoms with van der Waals surface area (Å²) in [6, 6.07) is 1.92. The predicted molar refractivity (Wildman–Crippen MR) is 139 cm³/mol. The average molecular weight is 520 g/mol. The molecule has 0 aliphatic rings. The Balaban J connectivity index is 2.99. The third-order valence-electron chi connectivity index (χ3n) is 6.02. The summed E-state index contributed by atoms with van der Waals surface area (Å²) in [6.07, 6.45) is 3.04. The smallest absolute Gasteiger partial charge is 0.408 e. The van der Waals surface area contributed by atoms with Gasteiger partial charge >= 0.3 is 6.09 Å². The van der Waals surface area contributed by atoms with Crippen molar-refractivity contribution < 1.29 is 28.7 Å². The Morgan fingerprint density at radius 2 is 1.68 bits per heavy atom. The first-order chi connectivity index (χ1) is 17.3. The summed E-state index contributed by atoms with van der Waals surface area (Å²) in [4.78, 5) is 74.3.